The van der Waals surface area contributed by atoms with Crippen molar-refractivity contribution in [2.45, 2.75) is 6.92 Å². The average Bonchev–Trinajstić information content (AvgIpc) is 3.04. The molecule has 0 aromatic carbocycles. The first-order chi connectivity index (χ1) is 9.63. The zero-order valence-corrected chi connectivity index (χ0v) is 11.6. The summed E-state index contributed by atoms with van der Waals surface area (Å²) in [4.78, 5) is 19.1. The number of methoxy groups -OCH3 is 1. The second-order valence-electron chi connectivity index (χ2n) is 4.67. The number of nitrogens with one attached hydrogen (secondary N) is 1. The Morgan fingerprint density at radius 1 is 1.35 bits per heavy atom. The fourth-order valence-corrected chi connectivity index (χ4v) is 2.49. The molecule has 0 aliphatic rings. The topological polar surface area (TPSA) is 59.9 Å². The molecule has 0 radical (unpaired) electrons. The lowest BCUT2D eigenvalue weighted by molar-refractivity contribution is 0.0595. The first-order valence-electron chi connectivity index (χ1n) is 6.31. The maximum Gasteiger partial charge on any atom is 0.354 e. The molecule has 3 heterocycles. The highest BCUT2D eigenvalue weighted by Gasteiger charge is 2.17. The van der Waals surface area contributed by atoms with Gasteiger partial charge in [0.05, 0.1) is 7.11 Å². The van der Waals surface area contributed by atoms with E-state index in [0.717, 1.165) is 28.0 Å². The first kappa shape index (κ1) is 12.5. The third-order valence-electron chi connectivity index (χ3n) is 3.60. The average molecular weight is 269 g/mol. The number of pyridine rings is 1. The third kappa shape index (κ3) is 1.71. The van der Waals surface area contributed by atoms with Crippen LogP contribution in [0.5, 0.6) is 0 Å². The van der Waals surface area contributed by atoms with Crippen molar-refractivity contribution in [3.8, 4) is 11.3 Å². The smallest absolute Gasteiger partial charge is 0.354 e. The van der Waals surface area contributed by atoms with Crippen LogP contribution < -0.4 is 0 Å². The Bertz CT molecular complexity index is 799. The number of rotatable bonds is 2. The fraction of sp³-hybridized carbons (Fsp3) is 0.200. The van der Waals surface area contributed by atoms with Crippen molar-refractivity contribution < 1.29 is 9.53 Å². The van der Waals surface area contributed by atoms with Crippen LogP contribution in [0.2, 0.25) is 0 Å². The van der Waals surface area contributed by atoms with E-state index >= 15 is 0 Å². The van der Waals surface area contributed by atoms with Gasteiger partial charge in [0, 0.05) is 35.6 Å². The van der Waals surface area contributed by atoms with Gasteiger partial charge in [-0.05, 0) is 31.2 Å². The van der Waals surface area contributed by atoms with Gasteiger partial charge in [-0.1, -0.05) is 0 Å². The summed E-state index contributed by atoms with van der Waals surface area (Å²) in [5.41, 5.74) is 4.42. The van der Waals surface area contributed by atoms with E-state index in [4.69, 9.17) is 4.74 Å². The molecule has 0 spiro atoms. The standard InChI is InChI=1S/C15H15N3O2/c1-9-13(10-5-4-8-16-14(10)18(9)2)11-6-7-12(17-11)15(19)20-3/h4-8,17H,1-3H3. The van der Waals surface area contributed by atoms with E-state index in [1.54, 1.807) is 12.3 Å². The minimum Gasteiger partial charge on any atom is -0.464 e. The number of fused-ring (bicyclic) bond motifs is 1. The summed E-state index contributed by atoms with van der Waals surface area (Å²) in [6.07, 6.45) is 1.78. The second kappa shape index (κ2) is 4.52. The SMILES string of the molecule is COC(=O)c1ccc(-c2c(C)n(C)c3ncccc23)[nH]1. The number of ether oxygens (including phenoxy) is 1. The van der Waals surface area contributed by atoms with Crippen LogP contribution in [0.4, 0.5) is 0 Å². The van der Waals surface area contributed by atoms with Crippen molar-refractivity contribution in [2.24, 2.45) is 7.05 Å². The molecule has 0 aliphatic carbocycles. The zero-order chi connectivity index (χ0) is 14.3. The fourth-order valence-electron chi connectivity index (χ4n) is 2.49. The van der Waals surface area contributed by atoms with E-state index in [1.165, 1.54) is 7.11 Å². The van der Waals surface area contributed by atoms with Crippen molar-refractivity contribution in [1.29, 1.82) is 0 Å². The van der Waals surface area contributed by atoms with Gasteiger partial charge in [-0.3, -0.25) is 0 Å². The van der Waals surface area contributed by atoms with Gasteiger partial charge in [0.1, 0.15) is 11.3 Å². The molecule has 5 nitrogen and oxygen atoms in total. The number of carbonyl (C=O) groups excluding carboxylic acids is 1. The van der Waals surface area contributed by atoms with Gasteiger partial charge in [-0.25, -0.2) is 9.78 Å². The Morgan fingerprint density at radius 3 is 2.90 bits per heavy atom. The predicted molar refractivity (Wildman–Crippen MR) is 76.6 cm³/mol. The van der Waals surface area contributed by atoms with E-state index in [1.807, 2.05) is 36.7 Å². The van der Waals surface area contributed by atoms with Gasteiger partial charge >= 0.3 is 5.97 Å². The van der Waals surface area contributed by atoms with Crippen LogP contribution in [0.1, 0.15) is 16.2 Å². The van der Waals surface area contributed by atoms with Crippen LogP contribution in [0, 0.1) is 6.92 Å². The monoisotopic (exact) mass is 269 g/mol. The van der Waals surface area contributed by atoms with Gasteiger partial charge in [-0.2, -0.15) is 0 Å². The normalized spacial score (nSPS) is 10.9. The zero-order valence-electron chi connectivity index (χ0n) is 11.6. The number of aryl methyl sites for hydroxylation is 1. The Labute approximate surface area is 116 Å². The van der Waals surface area contributed by atoms with Crippen LogP contribution in [0.15, 0.2) is 30.5 Å². The van der Waals surface area contributed by atoms with Gasteiger partial charge < -0.3 is 14.3 Å². The molecule has 1 N–H and O–H groups in total. The van der Waals surface area contributed by atoms with Crippen molar-refractivity contribution in [2.75, 3.05) is 7.11 Å². The number of aromatic nitrogens is 3. The third-order valence-corrected chi connectivity index (χ3v) is 3.60. The largest absolute Gasteiger partial charge is 0.464 e. The lowest BCUT2D eigenvalue weighted by atomic mass is 10.1. The molecule has 102 valence electrons. The minimum atomic E-state index is -0.368. The molecule has 3 aromatic rings. The quantitative estimate of drug-likeness (QED) is 0.728. The number of nitrogens with zero attached hydrogens (tertiary/aromatic N) is 2. The molecule has 0 unspecified atom stereocenters. The van der Waals surface area contributed by atoms with Crippen LogP contribution in [0.3, 0.4) is 0 Å². The summed E-state index contributed by atoms with van der Waals surface area (Å²) in [5, 5.41) is 1.06. The number of carbonyl (C=O) groups is 1. The van der Waals surface area contributed by atoms with Gasteiger partial charge in [-0.15, -0.1) is 0 Å². The molecule has 0 fully saturated rings. The summed E-state index contributed by atoms with van der Waals surface area (Å²) >= 11 is 0. The van der Waals surface area contributed by atoms with Gasteiger partial charge in [0.15, 0.2) is 0 Å². The second-order valence-corrected chi connectivity index (χ2v) is 4.67. The van der Waals surface area contributed by atoms with Crippen molar-refractivity contribution in [1.82, 2.24) is 14.5 Å². The van der Waals surface area contributed by atoms with Gasteiger partial charge in [0.25, 0.3) is 0 Å². The van der Waals surface area contributed by atoms with E-state index in [2.05, 4.69) is 9.97 Å². The minimum absolute atomic E-state index is 0.368. The van der Waals surface area contributed by atoms with Crippen molar-refractivity contribution >= 4 is 17.0 Å². The number of hydrogen-bond donors (Lipinski definition) is 1. The summed E-state index contributed by atoms with van der Waals surface area (Å²) in [7, 11) is 3.36. The highest BCUT2D eigenvalue weighted by atomic mass is 16.5. The molecule has 3 rings (SSSR count). The molecule has 0 saturated heterocycles. The predicted octanol–water partition coefficient (Wildman–Crippen LogP) is 2.66. The first-order valence-corrected chi connectivity index (χ1v) is 6.31. The summed E-state index contributed by atoms with van der Waals surface area (Å²) in [6.45, 7) is 2.04. The van der Waals surface area contributed by atoms with E-state index < -0.39 is 0 Å². The Morgan fingerprint density at radius 2 is 2.15 bits per heavy atom. The molecule has 20 heavy (non-hydrogen) atoms. The maximum atomic E-state index is 11.5. The molecule has 0 saturated carbocycles. The summed E-state index contributed by atoms with van der Waals surface area (Å²) in [5.74, 6) is -0.368. The van der Waals surface area contributed by atoms with E-state index in [0.29, 0.717) is 5.69 Å². The Kier molecular flexibility index (Phi) is 2.82. The van der Waals surface area contributed by atoms with Crippen LogP contribution >= 0.6 is 0 Å². The van der Waals surface area contributed by atoms with Crippen molar-refractivity contribution in [3.05, 3.63) is 41.9 Å². The van der Waals surface area contributed by atoms with E-state index in [-0.39, 0.29) is 5.97 Å². The molecule has 0 bridgehead atoms. The van der Waals surface area contributed by atoms with Gasteiger partial charge in [0.2, 0.25) is 0 Å². The molecule has 5 heteroatoms. The number of H-pyrrole nitrogens is 1. The molecule has 0 amide bonds. The lowest BCUT2D eigenvalue weighted by Crippen LogP contribution is -2.01. The lowest BCUT2D eigenvalue weighted by Gasteiger charge is -2.00. The summed E-state index contributed by atoms with van der Waals surface area (Å²) in [6, 6.07) is 7.57. The number of esters is 1. The molecule has 0 atom stereocenters. The van der Waals surface area contributed by atoms with E-state index in [9.17, 15) is 4.79 Å². The molecule has 3 aromatic heterocycles. The Balaban J connectivity index is 2.22. The number of aromatic amines is 1. The maximum absolute atomic E-state index is 11.5. The Hall–Kier alpha value is -2.56. The van der Waals surface area contributed by atoms with Crippen LogP contribution in [-0.2, 0) is 11.8 Å². The molecular formula is C15H15N3O2. The number of hydrogen-bond acceptors (Lipinski definition) is 3. The van der Waals surface area contributed by atoms with Crippen molar-refractivity contribution in [3.63, 3.8) is 0 Å². The molecular weight excluding hydrogens is 254 g/mol. The highest BCUT2D eigenvalue weighted by Crippen LogP contribution is 2.32. The van der Waals surface area contributed by atoms with Crippen LogP contribution in [0.25, 0.3) is 22.3 Å². The molecule has 0 aliphatic heterocycles. The van der Waals surface area contributed by atoms with Crippen LogP contribution in [-0.4, -0.2) is 27.6 Å². The highest BCUT2D eigenvalue weighted by molar-refractivity contribution is 5.96. The summed E-state index contributed by atoms with van der Waals surface area (Å²) < 4.78 is 6.77.